The maximum absolute atomic E-state index is 12.3. The first-order valence-electron chi connectivity index (χ1n) is 8.21. The summed E-state index contributed by atoms with van der Waals surface area (Å²) in [6.07, 6.45) is 1.62. The first-order chi connectivity index (χ1) is 12.7. The number of aromatic nitrogens is 1. The first kappa shape index (κ1) is 17.2. The third kappa shape index (κ3) is 4.25. The zero-order valence-corrected chi connectivity index (χ0v) is 14.4. The van der Waals surface area contributed by atoms with Crippen molar-refractivity contribution < 1.29 is 4.79 Å². The molecule has 1 aromatic heterocycles. The fourth-order valence-electron chi connectivity index (χ4n) is 2.42. The van der Waals surface area contributed by atoms with Crippen LogP contribution in [0.5, 0.6) is 0 Å². The van der Waals surface area contributed by atoms with Gasteiger partial charge >= 0.3 is 0 Å². The second-order valence-corrected chi connectivity index (χ2v) is 5.88. The van der Waals surface area contributed by atoms with Crippen molar-refractivity contribution in [3.05, 3.63) is 89.2 Å². The second kappa shape index (κ2) is 7.95. The molecular formula is C21H18N4O. The van der Waals surface area contributed by atoms with Gasteiger partial charge in [0.1, 0.15) is 11.8 Å². The summed E-state index contributed by atoms with van der Waals surface area (Å²) in [7, 11) is 0. The average Bonchev–Trinajstić information content (AvgIpc) is 2.68. The predicted molar refractivity (Wildman–Crippen MR) is 102 cm³/mol. The second-order valence-electron chi connectivity index (χ2n) is 5.88. The van der Waals surface area contributed by atoms with E-state index in [1.54, 1.807) is 36.5 Å². The number of carbonyl (C=O) groups is 1. The van der Waals surface area contributed by atoms with E-state index < -0.39 is 0 Å². The van der Waals surface area contributed by atoms with E-state index in [1.807, 2.05) is 6.07 Å². The first-order valence-corrected chi connectivity index (χ1v) is 8.21. The van der Waals surface area contributed by atoms with Crippen molar-refractivity contribution in [2.45, 2.75) is 13.5 Å². The van der Waals surface area contributed by atoms with Gasteiger partial charge < -0.3 is 10.6 Å². The monoisotopic (exact) mass is 342 g/mol. The van der Waals surface area contributed by atoms with Crippen molar-refractivity contribution in [1.29, 1.82) is 5.26 Å². The lowest BCUT2D eigenvalue weighted by molar-refractivity contribution is 0.102. The highest BCUT2D eigenvalue weighted by molar-refractivity contribution is 6.03. The van der Waals surface area contributed by atoms with Crippen LogP contribution in [0.2, 0.25) is 0 Å². The quantitative estimate of drug-likeness (QED) is 0.731. The Morgan fingerprint density at radius 1 is 1.08 bits per heavy atom. The maximum atomic E-state index is 12.3. The van der Waals surface area contributed by atoms with Crippen molar-refractivity contribution in [2.75, 3.05) is 10.6 Å². The van der Waals surface area contributed by atoms with Gasteiger partial charge in [-0.25, -0.2) is 4.98 Å². The highest BCUT2D eigenvalue weighted by atomic mass is 16.1. The zero-order chi connectivity index (χ0) is 18.4. The Morgan fingerprint density at radius 2 is 1.85 bits per heavy atom. The van der Waals surface area contributed by atoms with Crippen LogP contribution >= 0.6 is 0 Å². The minimum Gasteiger partial charge on any atom is -0.380 e. The maximum Gasteiger partial charge on any atom is 0.274 e. The molecule has 5 heteroatoms. The molecule has 0 aliphatic rings. The van der Waals surface area contributed by atoms with Crippen LogP contribution in [0.25, 0.3) is 0 Å². The molecule has 0 saturated carbocycles. The SMILES string of the molecule is Cc1ccc(CNc2ccc(C(=O)Nc3ccccc3C#N)nc2)cc1. The molecule has 0 aliphatic heterocycles. The van der Waals surface area contributed by atoms with Gasteiger partial charge in [0.15, 0.2) is 0 Å². The van der Waals surface area contributed by atoms with Gasteiger partial charge in [-0.3, -0.25) is 4.79 Å². The fourth-order valence-corrected chi connectivity index (χ4v) is 2.42. The Hall–Kier alpha value is -3.65. The number of nitrogens with zero attached hydrogens (tertiary/aromatic N) is 2. The van der Waals surface area contributed by atoms with Crippen LogP contribution < -0.4 is 10.6 Å². The van der Waals surface area contributed by atoms with Crippen LogP contribution in [-0.2, 0) is 6.54 Å². The molecule has 2 aromatic carbocycles. The van der Waals surface area contributed by atoms with Gasteiger partial charge in [-0.05, 0) is 36.8 Å². The molecule has 3 rings (SSSR count). The Bertz CT molecular complexity index is 941. The average molecular weight is 342 g/mol. The lowest BCUT2D eigenvalue weighted by Gasteiger charge is -2.09. The molecule has 0 spiro atoms. The number of amides is 1. The Balaban J connectivity index is 1.62. The van der Waals surface area contributed by atoms with Gasteiger partial charge in [-0.2, -0.15) is 5.26 Å². The molecule has 26 heavy (non-hydrogen) atoms. The van der Waals surface area contributed by atoms with Crippen molar-refractivity contribution in [1.82, 2.24) is 4.98 Å². The topological polar surface area (TPSA) is 77.8 Å². The van der Waals surface area contributed by atoms with Crippen LogP contribution in [0.1, 0.15) is 27.2 Å². The number of nitrogens with one attached hydrogen (secondary N) is 2. The van der Waals surface area contributed by atoms with Crippen molar-refractivity contribution in [3.63, 3.8) is 0 Å². The largest absolute Gasteiger partial charge is 0.380 e. The molecule has 3 aromatic rings. The number of aryl methyl sites for hydroxylation is 1. The van der Waals surface area contributed by atoms with Crippen molar-refractivity contribution in [3.8, 4) is 6.07 Å². The summed E-state index contributed by atoms with van der Waals surface area (Å²) in [5.74, 6) is -0.349. The number of hydrogen-bond donors (Lipinski definition) is 2. The molecular weight excluding hydrogens is 324 g/mol. The lowest BCUT2D eigenvalue weighted by atomic mass is 10.1. The summed E-state index contributed by atoms with van der Waals surface area (Å²) in [6, 6.07) is 20.7. The molecule has 2 N–H and O–H groups in total. The Kier molecular flexibility index (Phi) is 5.25. The van der Waals surface area contributed by atoms with Gasteiger partial charge in [0, 0.05) is 6.54 Å². The molecule has 1 amide bonds. The van der Waals surface area contributed by atoms with Crippen LogP contribution in [-0.4, -0.2) is 10.9 Å². The lowest BCUT2D eigenvalue weighted by Crippen LogP contribution is -2.14. The molecule has 0 aliphatic carbocycles. The van der Waals surface area contributed by atoms with E-state index in [0.717, 1.165) is 5.69 Å². The number of anilines is 2. The smallest absolute Gasteiger partial charge is 0.274 e. The molecule has 0 saturated heterocycles. The summed E-state index contributed by atoms with van der Waals surface area (Å²) in [4.78, 5) is 16.5. The van der Waals surface area contributed by atoms with Gasteiger partial charge in [-0.15, -0.1) is 0 Å². The summed E-state index contributed by atoms with van der Waals surface area (Å²) < 4.78 is 0. The summed E-state index contributed by atoms with van der Waals surface area (Å²) in [6.45, 7) is 2.74. The molecule has 0 atom stereocenters. The molecule has 0 fully saturated rings. The van der Waals surface area contributed by atoms with Crippen molar-refractivity contribution >= 4 is 17.3 Å². The van der Waals surface area contributed by atoms with E-state index in [1.165, 1.54) is 11.1 Å². The molecule has 5 nitrogen and oxygen atoms in total. The van der Waals surface area contributed by atoms with E-state index in [9.17, 15) is 4.79 Å². The zero-order valence-electron chi connectivity index (χ0n) is 14.4. The van der Waals surface area contributed by atoms with E-state index in [0.29, 0.717) is 23.5 Å². The van der Waals surface area contributed by atoms with E-state index in [4.69, 9.17) is 5.26 Å². The molecule has 1 heterocycles. The van der Waals surface area contributed by atoms with Crippen LogP contribution in [0.4, 0.5) is 11.4 Å². The van der Waals surface area contributed by atoms with E-state index >= 15 is 0 Å². The summed E-state index contributed by atoms with van der Waals surface area (Å²) in [5.41, 5.74) is 4.41. The normalized spacial score (nSPS) is 10.0. The molecule has 0 unspecified atom stereocenters. The number of pyridine rings is 1. The standard InChI is InChI=1S/C21H18N4O/c1-15-6-8-16(9-7-15)13-23-18-10-11-20(24-14-18)21(26)25-19-5-3-2-4-17(19)12-22/h2-11,14,23H,13H2,1H3,(H,25,26). The van der Waals surface area contributed by atoms with Crippen molar-refractivity contribution in [2.24, 2.45) is 0 Å². The number of hydrogen-bond acceptors (Lipinski definition) is 4. The summed E-state index contributed by atoms with van der Waals surface area (Å²) >= 11 is 0. The highest BCUT2D eigenvalue weighted by Gasteiger charge is 2.10. The van der Waals surface area contributed by atoms with Crippen LogP contribution in [0.15, 0.2) is 66.9 Å². The van der Waals surface area contributed by atoms with Gasteiger partial charge in [0.25, 0.3) is 5.91 Å². The van der Waals surface area contributed by atoms with E-state index in [-0.39, 0.29) is 5.91 Å². The van der Waals surface area contributed by atoms with Crippen LogP contribution in [0, 0.1) is 18.3 Å². The van der Waals surface area contributed by atoms with Crippen LogP contribution in [0.3, 0.4) is 0 Å². The van der Waals surface area contributed by atoms with Gasteiger partial charge in [0.05, 0.1) is 23.1 Å². The Morgan fingerprint density at radius 3 is 2.54 bits per heavy atom. The minimum absolute atomic E-state index is 0.290. The number of para-hydroxylation sites is 1. The predicted octanol–water partition coefficient (Wildman–Crippen LogP) is 4.13. The molecule has 128 valence electrons. The number of rotatable bonds is 5. The number of nitriles is 1. The van der Waals surface area contributed by atoms with Gasteiger partial charge in [0.2, 0.25) is 0 Å². The molecule has 0 bridgehead atoms. The summed E-state index contributed by atoms with van der Waals surface area (Å²) in [5, 5.41) is 15.1. The van der Waals surface area contributed by atoms with E-state index in [2.05, 4.69) is 52.9 Å². The highest BCUT2D eigenvalue weighted by Crippen LogP contribution is 2.15. The number of carbonyl (C=O) groups excluding carboxylic acids is 1. The fraction of sp³-hybridized carbons (Fsp3) is 0.0952. The Labute approximate surface area is 152 Å². The third-order valence-electron chi connectivity index (χ3n) is 3.91. The number of benzene rings is 2. The minimum atomic E-state index is -0.349. The third-order valence-corrected chi connectivity index (χ3v) is 3.91. The van der Waals surface area contributed by atoms with Gasteiger partial charge in [-0.1, -0.05) is 42.0 Å². The molecule has 0 radical (unpaired) electrons.